The number of aromatic nitrogens is 3. The largest absolute Gasteiger partial charge is 0.370 e. The Morgan fingerprint density at radius 1 is 0.814 bits per heavy atom. The van der Waals surface area contributed by atoms with Crippen LogP contribution in [-0.2, 0) is 15.8 Å². The molecule has 2 aliphatic heterocycles. The van der Waals surface area contributed by atoms with Crippen molar-refractivity contribution in [2.75, 3.05) is 50.1 Å². The van der Waals surface area contributed by atoms with Crippen LogP contribution in [-0.4, -0.2) is 73.1 Å². The van der Waals surface area contributed by atoms with E-state index in [4.69, 9.17) is 11.6 Å². The number of nitrogens with one attached hydrogen (secondary N) is 2. The lowest BCUT2D eigenvalue weighted by Gasteiger charge is -2.33. The molecule has 3 aromatic rings. The molecule has 0 amide bonds. The van der Waals surface area contributed by atoms with Crippen LogP contribution >= 0.6 is 50.5 Å². The van der Waals surface area contributed by atoms with Crippen LogP contribution in [0.5, 0.6) is 0 Å². The second-order valence-electron chi connectivity index (χ2n) is 10.6. The summed E-state index contributed by atoms with van der Waals surface area (Å²) in [6, 6.07) is 9.15. The van der Waals surface area contributed by atoms with E-state index in [1.807, 2.05) is 38.6 Å². The van der Waals surface area contributed by atoms with Gasteiger partial charge in [0, 0.05) is 44.7 Å². The average Bonchev–Trinajstić information content (AvgIpc) is 3.00. The Labute approximate surface area is 272 Å². The standard InChI is InChI=1S/C15H19N3O.C14H17ClN4.Cl3OP/c1-16-12-4-6-18(7-5-12)13-8-11-9-14(19)2-3-15(11)17-10-13;1-16-10-4-6-19(7-5-10)11-8-13-12(17-9-11)2-3-14(15)18-13;1-5(2,3)4/h2-3,8,10,12,16H,4-7,9H2,1H3;2-3,8-10,16H,4-7H2,1H3;. The van der Waals surface area contributed by atoms with Crippen molar-refractivity contribution >= 4 is 84.8 Å². The van der Waals surface area contributed by atoms with E-state index >= 15 is 0 Å². The summed E-state index contributed by atoms with van der Waals surface area (Å²) < 4.78 is 9.51. The number of pyridine rings is 3. The number of halogens is 4. The fraction of sp³-hybridized carbons (Fsp3) is 0.448. The molecule has 0 atom stereocenters. The number of piperidine rings is 2. The molecule has 9 nitrogen and oxygen atoms in total. The maximum absolute atomic E-state index is 11.5. The van der Waals surface area contributed by atoms with Gasteiger partial charge in [-0.25, -0.2) is 4.98 Å². The molecule has 3 aliphatic rings. The van der Waals surface area contributed by atoms with Gasteiger partial charge in [-0.15, -0.1) is 0 Å². The highest BCUT2D eigenvalue weighted by atomic mass is 36.0. The molecule has 232 valence electrons. The molecule has 6 rings (SSSR count). The minimum atomic E-state index is -3.22. The van der Waals surface area contributed by atoms with Gasteiger partial charge in [0.25, 0.3) is 0 Å². The number of hydrogen-bond acceptors (Lipinski definition) is 9. The van der Waals surface area contributed by atoms with E-state index in [2.05, 4.69) is 81.2 Å². The molecular formula is C29H36Cl4N7O2P. The van der Waals surface area contributed by atoms with Crippen molar-refractivity contribution in [1.29, 1.82) is 0 Å². The maximum Gasteiger partial charge on any atom is 0.339 e. The summed E-state index contributed by atoms with van der Waals surface area (Å²) in [5.74, 6) is 0.167. The molecular weight excluding hydrogens is 651 g/mol. The fourth-order valence-corrected chi connectivity index (χ4v) is 5.54. The molecule has 2 saturated heterocycles. The van der Waals surface area contributed by atoms with Crippen molar-refractivity contribution < 1.29 is 9.36 Å². The van der Waals surface area contributed by atoms with E-state index in [-0.39, 0.29) is 5.78 Å². The summed E-state index contributed by atoms with van der Waals surface area (Å²) in [5.41, 5.74) is 6.03. The Hall–Kier alpha value is -1.97. The summed E-state index contributed by atoms with van der Waals surface area (Å²) in [6.07, 6.45) is 12.4. The molecule has 14 heteroatoms. The summed E-state index contributed by atoms with van der Waals surface area (Å²) in [5, 5.41) is 3.97. The zero-order chi connectivity index (χ0) is 31.0. The highest BCUT2D eigenvalue weighted by Gasteiger charge is 2.20. The Bertz CT molecular complexity index is 1460. The zero-order valence-corrected chi connectivity index (χ0v) is 28.1. The predicted octanol–water partition coefficient (Wildman–Crippen LogP) is 6.69. The van der Waals surface area contributed by atoms with Crippen molar-refractivity contribution in [3.63, 3.8) is 0 Å². The molecule has 5 heterocycles. The van der Waals surface area contributed by atoms with E-state index in [1.54, 1.807) is 12.1 Å². The average molecular weight is 687 g/mol. The monoisotopic (exact) mass is 685 g/mol. The van der Waals surface area contributed by atoms with Crippen LogP contribution in [0.3, 0.4) is 0 Å². The Balaban J connectivity index is 0.000000171. The van der Waals surface area contributed by atoms with Crippen LogP contribution in [0.1, 0.15) is 36.9 Å². The third-order valence-electron chi connectivity index (χ3n) is 7.80. The van der Waals surface area contributed by atoms with E-state index in [1.165, 1.54) is 0 Å². The fourth-order valence-electron chi connectivity index (χ4n) is 5.39. The first kappa shape index (κ1) is 33.9. The van der Waals surface area contributed by atoms with Gasteiger partial charge in [0.05, 0.1) is 40.5 Å². The summed E-state index contributed by atoms with van der Waals surface area (Å²) in [6.45, 7) is 4.21. The number of rotatable bonds is 4. The predicted molar refractivity (Wildman–Crippen MR) is 180 cm³/mol. The van der Waals surface area contributed by atoms with Gasteiger partial charge in [-0.05, 0) is 115 Å². The number of fused-ring (bicyclic) bond motifs is 2. The minimum Gasteiger partial charge on any atom is -0.370 e. The molecule has 0 aromatic carbocycles. The van der Waals surface area contributed by atoms with E-state index in [0.717, 1.165) is 85.5 Å². The molecule has 43 heavy (non-hydrogen) atoms. The van der Waals surface area contributed by atoms with E-state index in [0.29, 0.717) is 23.7 Å². The third-order valence-corrected chi connectivity index (χ3v) is 8.01. The maximum atomic E-state index is 11.5. The Kier molecular flexibility index (Phi) is 12.5. The van der Waals surface area contributed by atoms with Crippen molar-refractivity contribution in [3.8, 4) is 0 Å². The summed E-state index contributed by atoms with van der Waals surface area (Å²) >= 11 is 19.8. The molecule has 2 N–H and O–H groups in total. The third kappa shape index (κ3) is 10.6. The van der Waals surface area contributed by atoms with Gasteiger partial charge in [0.15, 0.2) is 5.78 Å². The van der Waals surface area contributed by atoms with Gasteiger partial charge in [-0.1, -0.05) is 11.6 Å². The van der Waals surface area contributed by atoms with Crippen LogP contribution in [0.2, 0.25) is 5.15 Å². The van der Waals surface area contributed by atoms with Gasteiger partial charge in [-0.3, -0.25) is 19.3 Å². The van der Waals surface area contributed by atoms with Crippen molar-refractivity contribution in [3.05, 3.63) is 59.1 Å². The highest BCUT2D eigenvalue weighted by molar-refractivity contribution is 8.24. The number of hydrogen-bond donors (Lipinski definition) is 2. The van der Waals surface area contributed by atoms with Gasteiger partial charge in [0.1, 0.15) is 5.15 Å². The van der Waals surface area contributed by atoms with Gasteiger partial charge < -0.3 is 20.4 Å². The number of carbonyl (C=O) groups is 1. The number of anilines is 2. The second kappa shape index (κ2) is 15.8. The Morgan fingerprint density at radius 3 is 1.91 bits per heavy atom. The summed E-state index contributed by atoms with van der Waals surface area (Å²) in [4.78, 5) is 29.4. The highest BCUT2D eigenvalue weighted by Crippen LogP contribution is 2.61. The normalized spacial score (nSPS) is 17.6. The SMILES string of the molecule is CNC1CCN(c2cnc3c(c2)CC(=O)C=C3)CC1.CNC1CCN(c2cnc3ccc(Cl)nc3c2)CC1.O=P(Cl)(Cl)Cl. The molecule has 0 unspecified atom stereocenters. The van der Waals surface area contributed by atoms with Crippen LogP contribution in [0.15, 0.2) is 42.7 Å². The molecule has 3 aromatic heterocycles. The van der Waals surface area contributed by atoms with Crippen molar-refractivity contribution in [2.24, 2.45) is 0 Å². The molecule has 1 aliphatic carbocycles. The molecule has 2 fully saturated rings. The molecule has 0 bridgehead atoms. The lowest BCUT2D eigenvalue weighted by atomic mass is 10.00. The van der Waals surface area contributed by atoms with Gasteiger partial charge in [-0.2, -0.15) is 0 Å². The van der Waals surface area contributed by atoms with E-state index < -0.39 is 5.20 Å². The molecule has 0 saturated carbocycles. The quantitative estimate of drug-likeness (QED) is 0.230. The number of ketones is 1. The number of carbonyl (C=O) groups excluding carboxylic acids is 1. The van der Waals surface area contributed by atoms with Crippen LogP contribution in [0.25, 0.3) is 17.1 Å². The van der Waals surface area contributed by atoms with Gasteiger partial charge in [0.2, 0.25) is 0 Å². The first-order chi connectivity index (χ1) is 20.5. The number of nitrogens with zero attached hydrogens (tertiary/aromatic N) is 5. The van der Waals surface area contributed by atoms with Crippen molar-refractivity contribution in [2.45, 2.75) is 44.2 Å². The zero-order valence-electron chi connectivity index (χ0n) is 24.1. The molecule has 0 radical (unpaired) electrons. The van der Waals surface area contributed by atoms with Crippen LogP contribution < -0.4 is 20.4 Å². The van der Waals surface area contributed by atoms with Crippen LogP contribution in [0, 0.1) is 0 Å². The molecule has 0 spiro atoms. The Morgan fingerprint density at radius 2 is 1.35 bits per heavy atom. The topological polar surface area (TPSA) is 103 Å². The number of allylic oxidation sites excluding steroid dienone is 1. The lowest BCUT2D eigenvalue weighted by molar-refractivity contribution is -0.114. The lowest BCUT2D eigenvalue weighted by Crippen LogP contribution is -2.41. The van der Waals surface area contributed by atoms with Crippen molar-refractivity contribution in [1.82, 2.24) is 25.6 Å². The first-order valence-electron chi connectivity index (χ1n) is 14.2. The first-order valence-corrected chi connectivity index (χ1v) is 19.0. The van der Waals surface area contributed by atoms with Gasteiger partial charge >= 0.3 is 5.20 Å². The van der Waals surface area contributed by atoms with E-state index in [9.17, 15) is 9.36 Å². The second-order valence-corrected chi connectivity index (χ2v) is 17.6. The minimum absolute atomic E-state index is 0.167. The van der Waals surface area contributed by atoms with Crippen LogP contribution in [0.4, 0.5) is 11.4 Å². The summed E-state index contributed by atoms with van der Waals surface area (Å²) in [7, 11) is 4.06. The smallest absolute Gasteiger partial charge is 0.339 e.